The van der Waals surface area contributed by atoms with Gasteiger partial charge in [0, 0.05) is 13.1 Å². The van der Waals surface area contributed by atoms with Gasteiger partial charge in [-0.2, -0.15) is 0 Å². The second kappa shape index (κ2) is 1.90. The molecule has 1 heterocycles. The number of aromatic hydroxyl groups is 1. The molecule has 2 rings (SSSR count). The molecule has 0 atom stereocenters. The van der Waals surface area contributed by atoms with Crippen LogP contribution in [0.5, 0.6) is 5.75 Å². The summed E-state index contributed by atoms with van der Waals surface area (Å²) in [6.45, 7) is 2.16. The highest BCUT2D eigenvalue weighted by Gasteiger charge is 2.19. The highest BCUT2D eigenvalue weighted by molar-refractivity contribution is 5.60. The van der Waals surface area contributed by atoms with Gasteiger partial charge in [-0.1, -0.05) is 12.1 Å². The van der Waals surface area contributed by atoms with Gasteiger partial charge in [0.25, 0.3) is 0 Å². The molecule has 1 aliphatic heterocycles. The van der Waals surface area contributed by atoms with E-state index >= 15 is 0 Å². The summed E-state index contributed by atoms with van der Waals surface area (Å²) in [4.78, 5) is 2.12. The summed E-state index contributed by atoms with van der Waals surface area (Å²) < 4.78 is 0. The first-order chi connectivity index (χ1) is 4.88. The summed E-state index contributed by atoms with van der Waals surface area (Å²) in [7, 11) is 0. The molecule has 0 aromatic heterocycles. The molecule has 1 aromatic carbocycles. The van der Waals surface area contributed by atoms with E-state index in [-0.39, 0.29) is 0 Å². The number of para-hydroxylation sites is 2. The lowest BCUT2D eigenvalue weighted by Crippen LogP contribution is -1.89. The minimum absolute atomic E-state index is 0.389. The van der Waals surface area contributed by atoms with Crippen molar-refractivity contribution < 1.29 is 5.11 Å². The average Bonchev–Trinajstić information content (AvgIpc) is 2.71. The largest absolute Gasteiger partial charge is 0.506 e. The van der Waals surface area contributed by atoms with Crippen LogP contribution in [0.25, 0.3) is 0 Å². The van der Waals surface area contributed by atoms with Gasteiger partial charge >= 0.3 is 0 Å². The number of phenols is 1. The van der Waals surface area contributed by atoms with Gasteiger partial charge < -0.3 is 10.0 Å². The molecule has 0 saturated carbocycles. The summed E-state index contributed by atoms with van der Waals surface area (Å²) in [6, 6.07) is 7.42. The maximum absolute atomic E-state index is 9.28. The molecule has 1 aliphatic rings. The molecule has 1 fully saturated rings. The number of anilines is 1. The van der Waals surface area contributed by atoms with Crippen LogP contribution in [0.2, 0.25) is 0 Å². The number of benzene rings is 1. The van der Waals surface area contributed by atoms with Crippen LogP contribution < -0.4 is 4.90 Å². The van der Waals surface area contributed by atoms with Crippen molar-refractivity contribution in [1.82, 2.24) is 0 Å². The molecule has 0 spiro atoms. The molecule has 0 aliphatic carbocycles. The summed E-state index contributed by atoms with van der Waals surface area (Å²) >= 11 is 0. The SMILES string of the molecule is Oc1ccccc1N1CC1. The molecular formula is C8H9NO. The molecule has 1 aromatic rings. The zero-order chi connectivity index (χ0) is 6.97. The van der Waals surface area contributed by atoms with E-state index in [4.69, 9.17) is 0 Å². The Kier molecular flexibility index (Phi) is 1.07. The Bertz CT molecular complexity index is 243. The van der Waals surface area contributed by atoms with Gasteiger partial charge in [-0.25, -0.2) is 0 Å². The first-order valence-electron chi connectivity index (χ1n) is 3.41. The number of phenolic OH excluding ortho intramolecular Hbond substituents is 1. The van der Waals surface area contributed by atoms with Crippen LogP contribution in [-0.2, 0) is 0 Å². The minimum Gasteiger partial charge on any atom is -0.506 e. The molecule has 1 N–H and O–H groups in total. The predicted molar refractivity (Wildman–Crippen MR) is 40.3 cm³/mol. The lowest BCUT2D eigenvalue weighted by Gasteiger charge is -2.02. The van der Waals surface area contributed by atoms with Gasteiger partial charge in [-0.15, -0.1) is 0 Å². The van der Waals surface area contributed by atoms with Crippen molar-refractivity contribution in [2.24, 2.45) is 0 Å². The smallest absolute Gasteiger partial charge is 0.138 e. The first-order valence-corrected chi connectivity index (χ1v) is 3.41. The monoisotopic (exact) mass is 135 g/mol. The summed E-state index contributed by atoms with van der Waals surface area (Å²) in [5.41, 5.74) is 0.961. The molecular weight excluding hydrogens is 126 g/mol. The van der Waals surface area contributed by atoms with Gasteiger partial charge in [0.05, 0.1) is 5.69 Å². The van der Waals surface area contributed by atoms with E-state index in [1.165, 1.54) is 0 Å². The zero-order valence-corrected chi connectivity index (χ0v) is 5.62. The van der Waals surface area contributed by atoms with Crippen LogP contribution in [0.1, 0.15) is 0 Å². The second-order valence-electron chi connectivity index (χ2n) is 2.48. The van der Waals surface area contributed by atoms with E-state index in [9.17, 15) is 5.11 Å². The quantitative estimate of drug-likeness (QED) is 0.585. The molecule has 10 heavy (non-hydrogen) atoms. The van der Waals surface area contributed by atoms with Gasteiger partial charge in [0.2, 0.25) is 0 Å². The Morgan fingerprint density at radius 2 is 1.90 bits per heavy atom. The van der Waals surface area contributed by atoms with Crippen molar-refractivity contribution in [1.29, 1.82) is 0 Å². The maximum Gasteiger partial charge on any atom is 0.138 e. The maximum atomic E-state index is 9.28. The van der Waals surface area contributed by atoms with Crippen LogP contribution in [0.3, 0.4) is 0 Å². The Morgan fingerprint density at radius 3 is 2.50 bits per heavy atom. The highest BCUT2D eigenvalue weighted by Crippen LogP contribution is 2.30. The molecule has 2 nitrogen and oxygen atoms in total. The lowest BCUT2D eigenvalue weighted by molar-refractivity contribution is 0.476. The minimum atomic E-state index is 0.389. The Hall–Kier alpha value is -1.18. The van der Waals surface area contributed by atoms with Crippen LogP contribution in [0, 0.1) is 0 Å². The van der Waals surface area contributed by atoms with Crippen molar-refractivity contribution in [2.75, 3.05) is 18.0 Å². The highest BCUT2D eigenvalue weighted by atomic mass is 16.3. The second-order valence-corrected chi connectivity index (χ2v) is 2.48. The Balaban J connectivity index is 2.39. The standard InChI is InChI=1S/C8H9NO/c10-8-4-2-1-3-7(8)9-5-6-9/h1-4,10H,5-6H2. The zero-order valence-electron chi connectivity index (χ0n) is 5.62. The van der Waals surface area contributed by atoms with Crippen molar-refractivity contribution in [3.63, 3.8) is 0 Å². The molecule has 52 valence electrons. The third-order valence-corrected chi connectivity index (χ3v) is 1.67. The van der Waals surface area contributed by atoms with Gasteiger partial charge in [-0.3, -0.25) is 0 Å². The lowest BCUT2D eigenvalue weighted by atomic mass is 10.3. The third kappa shape index (κ3) is 0.817. The van der Waals surface area contributed by atoms with E-state index in [2.05, 4.69) is 4.90 Å². The predicted octanol–water partition coefficient (Wildman–Crippen LogP) is 1.21. The molecule has 2 heteroatoms. The van der Waals surface area contributed by atoms with Gasteiger partial charge in [0.15, 0.2) is 0 Å². The van der Waals surface area contributed by atoms with Crippen LogP contribution in [0.4, 0.5) is 5.69 Å². The Labute approximate surface area is 59.7 Å². The summed E-state index contributed by atoms with van der Waals surface area (Å²) in [6.07, 6.45) is 0. The molecule has 0 bridgehead atoms. The summed E-state index contributed by atoms with van der Waals surface area (Å²) in [5, 5.41) is 9.28. The van der Waals surface area contributed by atoms with Crippen LogP contribution in [-0.4, -0.2) is 18.2 Å². The van der Waals surface area contributed by atoms with Gasteiger partial charge in [0.1, 0.15) is 5.75 Å². The number of hydrogen-bond donors (Lipinski definition) is 1. The fourth-order valence-corrected chi connectivity index (χ4v) is 1.02. The fourth-order valence-electron chi connectivity index (χ4n) is 1.02. The van der Waals surface area contributed by atoms with Crippen LogP contribution in [0.15, 0.2) is 24.3 Å². The molecule has 1 saturated heterocycles. The van der Waals surface area contributed by atoms with Crippen molar-refractivity contribution in [3.8, 4) is 5.75 Å². The van der Waals surface area contributed by atoms with Gasteiger partial charge in [-0.05, 0) is 12.1 Å². The first kappa shape index (κ1) is 5.59. The van der Waals surface area contributed by atoms with Crippen molar-refractivity contribution in [2.45, 2.75) is 0 Å². The van der Waals surface area contributed by atoms with Crippen molar-refractivity contribution in [3.05, 3.63) is 24.3 Å². The topological polar surface area (TPSA) is 23.2 Å². The van der Waals surface area contributed by atoms with Crippen LogP contribution >= 0.6 is 0 Å². The fraction of sp³-hybridized carbons (Fsp3) is 0.250. The van der Waals surface area contributed by atoms with E-state index in [0.29, 0.717) is 5.75 Å². The number of rotatable bonds is 1. The van der Waals surface area contributed by atoms with E-state index in [1.54, 1.807) is 6.07 Å². The number of hydrogen-bond acceptors (Lipinski definition) is 2. The number of nitrogens with zero attached hydrogens (tertiary/aromatic N) is 1. The molecule has 0 radical (unpaired) electrons. The molecule has 0 amide bonds. The summed E-state index contributed by atoms with van der Waals surface area (Å²) in [5.74, 6) is 0.389. The van der Waals surface area contributed by atoms with Crippen molar-refractivity contribution >= 4 is 5.69 Å². The third-order valence-electron chi connectivity index (χ3n) is 1.67. The normalized spacial score (nSPS) is 15.4. The van der Waals surface area contributed by atoms with E-state index < -0.39 is 0 Å². The van der Waals surface area contributed by atoms with E-state index in [0.717, 1.165) is 18.8 Å². The average molecular weight is 135 g/mol. The Morgan fingerprint density at radius 1 is 1.20 bits per heavy atom. The van der Waals surface area contributed by atoms with E-state index in [1.807, 2.05) is 18.2 Å². The molecule has 0 unspecified atom stereocenters.